The van der Waals surface area contributed by atoms with Crippen molar-refractivity contribution in [1.29, 1.82) is 0 Å². The molecule has 1 fully saturated rings. The SMILES string of the molecule is COc1ccc(C2=C(C3SCCCS3)OC(c3ccccc3)=CC2c2ccc(OC)cc2)cc1. The fraction of sp³-hybridized carbons (Fsp3) is 0.241. The van der Waals surface area contributed by atoms with Gasteiger partial charge in [-0.15, -0.1) is 23.5 Å². The van der Waals surface area contributed by atoms with E-state index in [2.05, 4.69) is 54.6 Å². The van der Waals surface area contributed by atoms with Gasteiger partial charge in [0, 0.05) is 17.1 Å². The summed E-state index contributed by atoms with van der Waals surface area (Å²) in [7, 11) is 3.41. The molecule has 0 aliphatic carbocycles. The lowest BCUT2D eigenvalue weighted by molar-refractivity contribution is 0.375. The van der Waals surface area contributed by atoms with E-state index < -0.39 is 0 Å². The molecule has 1 atom stereocenters. The Morgan fingerprint density at radius 3 is 1.97 bits per heavy atom. The summed E-state index contributed by atoms with van der Waals surface area (Å²) in [5.41, 5.74) is 4.69. The van der Waals surface area contributed by atoms with Gasteiger partial charge in [0.15, 0.2) is 0 Å². The maximum Gasteiger partial charge on any atom is 0.132 e. The van der Waals surface area contributed by atoms with Crippen molar-refractivity contribution in [3.8, 4) is 11.5 Å². The van der Waals surface area contributed by atoms with Gasteiger partial charge in [0.2, 0.25) is 0 Å². The molecule has 34 heavy (non-hydrogen) atoms. The molecule has 0 bridgehead atoms. The van der Waals surface area contributed by atoms with Crippen molar-refractivity contribution in [2.45, 2.75) is 16.9 Å². The largest absolute Gasteiger partial charge is 0.497 e. The summed E-state index contributed by atoms with van der Waals surface area (Å²) in [5.74, 6) is 6.04. The minimum Gasteiger partial charge on any atom is -0.497 e. The van der Waals surface area contributed by atoms with Crippen LogP contribution in [-0.4, -0.2) is 30.3 Å². The van der Waals surface area contributed by atoms with Crippen LogP contribution >= 0.6 is 23.5 Å². The summed E-state index contributed by atoms with van der Waals surface area (Å²) in [6, 6.07) is 27.2. The average molecular weight is 489 g/mol. The molecule has 174 valence electrons. The zero-order chi connectivity index (χ0) is 23.3. The van der Waals surface area contributed by atoms with Gasteiger partial charge in [0.1, 0.15) is 27.6 Å². The third-order valence-corrected chi connectivity index (χ3v) is 8.99. The predicted octanol–water partition coefficient (Wildman–Crippen LogP) is 7.47. The molecule has 0 saturated carbocycles. The second kappa shape index (κ2) is 10.7. The average Bonchev–Trinajstić information content (AvgIpc) is 2.93. The van der Waals surface area contributed by atoms with E-state index in [1.54, 1.807) is 14.2 Å². The Bertz CT molecular complexity index is 1160. The first kappa shape index (κ1) is 23.0. The highest BCUT2D eigenvalue weighted by Crippen LogP contribution is 2.49. The lowest BCUT2D eigenvalue weighted by atomic mass is 9.83. The lowest BCUT2D eigenvalue weighted by Crippen LogP contribution is -2.19. The minimum absolute atomic E-state index is 0.0568. The number of methoxy groups -OCH3 is 2. The molecule has 0 aromatic heterocycles. The summed E-state index contributed by atoms with van der Waals surface area (Å²) in [4.78, 5) is 0. The molecular weight excluding hydrogens is 460 g/mol. The number of thioether (sulfide) groups is 2. The molecule has 3 nitrogen and oxygen atoms in total. The predicted molar refractivity (Wildman–Crippen MR) is 144 cm³/mol. The van der Waals surface area contributed by atoms with E-state index in [9.17, 15) is 0 Å². The zero-order valence-electron chi connectivity index (χ0n) is 19.4. The van der Waals surface area contributed by atoms with Gasteiger partial charge in [0.05, 0.1) is 14.2 Å². The van der Waals surface area contributed by atoms with Crippen LogP contribution in [0.4, 0.5) is 0 Å². The van der Waals surface area contributed by atoms with Gasteiger partial charge < -0.3 is 14.2 Å². The highest BCUT2D eigenvalue weighted by atomic mass is 32.2. The lowest BCUT2D eigenvalue weighted by Gasteiger charge is -2.33. The Morgan fingerprint density at radius 2 is 1.35 bits per heavy atom. The molecule has 2 aliphatic heterocycles. The van der Waals surface area contributed by atoms with Crippen LogP contribution < -0.4 is 9.47 Å². The summed E-state index contributed by atoms with van der Waals surface area (Å²) in [5, 5.41) is 0. The number of rotatable bonds is 6. The Morgan fingerprint density at radius 1 is 0.735 bits per heavy atom. The number of allylic oxidation sites excluding steroid dienone is 2. The monoisotopic (exact) mass is 488 g/mol. The summed E-state index contributed by atoms with van der Waals surface area (Å²) in [6.45, 7) is 0. The van der Waals surface area contributed by atoms with Gasteiger partial charge in [-0.25, -0.2) is 0 Å². The van der Waals surface area contributed by atoms with Crippen LogP contribution in [0.3, 0.4) is 0 Å². The fourth-order valence-electron chi connectivity index (χ4n) is 4.33. The van der Waals surface area contributed by atoms with Gasteiger partial charge in [-0.1, -0.05) is 54.6 Å². The smallest absolute Gasteiger partial charge is 0.132 e. The van der Waals surface area contributed by atoms with E-state index in [0.717, 1.165) is 45.6 Å². The van der Waals surface area contributed by atoms with Crippen molar-refractivity contribution < 1.29 is 14.2 Å². The van der Waals surface area contributed by atoms with E-state index in [0.29, 0.717) is 0 Å². The fourth-order valence-corrected chi connectivity index (χ4v) is 7.18. The van der Waals surface area contributed by atoms with E-state index in [4.69, 9.17) is 14.2 Å². The van der Waals surface area contributed by atoms with E-state index in [1.165, 1.54) is 17.6 Å². The minimum atomic E-state index is 0.0568. The van der Waals surface area contributed by atoms with E-state index in [1.807, 2.05) is 53.9 Å². The Balaban J connectivity index is 1.68. The van der Waals surface area contributed by atoms with Gasteiger partial charge >= 0.3 is 0 Å². The van der Waals surface area contributed by atoms with Crippen LogP contribution in [0.1, 0.15) is 29.0 Å². The molecule has 0 amide bonds. The molecule has 1 saturated heterocycles. The maximum absolute atomic E-state index is 6.78. The topological polar surface area (TPSA) is 27.7 Å². The Labute approximate surface area is 210 Å². The van der Waals surface area contributed by atoms with Gasteiger partial charge in [-0.2, -0.15) is 0 Å². The Hall–Kier alpha value is -2.76. The van der Waals surface area contributed by atoms with Gasteiger partial charge in [0.25, 0.3) is 0 Å². The molecular formula is C29H28O3S2. The molecule has 0 spiro atoms. The van der Waals surface area contributed by atoms with Crippen LogP contribution in [0, 0.1) is 0 Å². The molecule has 3 aromatic carbocycles. The van der Waals surface area contributed by atoms with Crippen molar-refractivity contribution in [3.63, 3.8) is 0 Å². The highest BCUT2D eigenvalue weighted by Gasteiger charge is 2.33. The molecule has 2 aliphatic rings. The molecule has 3 aromatic rings. The van der Waals surface area contributed by atoms with Crippen molar-refractivity contribution in [2.24, 2.45) is 0 Å². The standard InChI is InChI=1S/C29H28O3S2/c1-30-23-13-9-20(10-14-23)25-19-26(21-7-4-3-5-8-21)32-28(29-33-17-6-18-34-29)27(25)22-11-15-24(31-2)16-12-22/h3-5,7-16,19,25,29H,6,17-18H2,1-2H3. The van der Waals surface area contributed by atoms with Crippen molar-refractivity contribution >= 4 is 34.9 Å². The zero-order valence-corrected chi connectivity index (χ0v) is 21.0. The van der Waals surface area contributed by atoms with Crippen LogP contribution in [0.5, 0.6) is 11.5 Å². The van der Waals surface area contributed by atoms with Crippen molar-refractivity contribution in [3.05, 3.63) is 107 Å². The van der Waals surface area contributed by atoms with Crippen molar-refractivity contribution in [1.82, 2.24) is 0 Å². The first-order valence-electron chi connectivity index (χ1n) is 11.5. The second-order valence-corrected chi connectivity index (χ2v) is 10.9. The van der Waals surface area contributed by atoms with Crippen LogP contribution in [0.2, 0.25) is 0 Å². The van der Waals surface area contributed by atoms with E-state index >= 15 is 0 Å². The summed E-state index contributed by atoms with van der Waals surface area (Å²) < 4.78 is 17.9. The molecule has 1 unspecified atom stereocenters. The van der Waals surface area contributed by atoms with Gasteiger partial charge in [-0.3, -0.25) is 0 Å². The van der Waals surface area contributed by atoms with Gasteiger partial charge in [-0.05, 0) is 59.4 Å². The molecule has 2 heterocycles. The number of ether oxygens (including phenoxy) is 3. The quantitative estimate of drug-likeness (QED) is 0.359. The maximum atomic E-state index is 6.78. The Kier molecular flexibility index (Phi) is 7.21. The first-order valence-corrected chi connectivity index (χ1v) is 13.6. The van der Waals surface area contributed by atoms with Crippen LogP contribution in [-0.2, 0) is 4.74 Å². The number of hydrogen-bond donors (Lipinski definition) is 0. The number of benzene rings is 3. The van der Waals surface area contributed by atoms with E-state index in [-0.39, 0.29) is 10.5 Å². The normalized spacial score (nSPS) is 18.8. The molecule has 5 rings (SSSR count). The third kappa shape index (κ3) is 4.86. The summed E-state index contributed by atoms with van der Waals surface area (Å²) in [6.07, 6.45) is 3.50. The summed E-state index contributed by atoms with van der Waals surface area (Å²) >= 11 is 3.97. The molecule has 0 radical (unpaired) electrons. The molecule has 0 N–H and O–H groups in total. The highest BCUT2D eigenvalue weighted by molar-refractivity contribution is 8.17. The number of hydrogen-bond acceptors (Lipinski definition) is 5. The second-order valence-electron chi connectivity index (χ2n) is 8.18. The first-order chi connectivity index (χ1) is 16.8. The van der Waals surface area contributed by atoms with Crippen LogP contribution in [0.15, 0.2) is 90.7 Å². The van der Waals surface area contributed by atoms with Crippen LogP contribution in [0.25, 0.3) is 11.3 Å². The third-order valence-electron chi connectivity index (χ3n) is 6.09. The van der Waals surface area contributed by atoms with Crippen molar-refractivity contribution in [2.75, 3.05) is 25.7 Å². The molecule has 5 heteroatoms.